The Morgan fingerprint density at radius 1 is 1.10 bits per heavy atom. The van der Waals surface area contributed by atoms with Crippen LogP contribution in [0.5, 0.6) is 0 Å². The smallest absolute Gasteiger partial charge is 0.238 e. The number of hydrogen-bond donors (Lipinski definition) is 2. The van der Waals surface area contributed by atoms with Gasteiger partial charge in [0, 0.05) is 5.69 Å². The lowest BCUT2D eigenvalue weighted by atomic mass is 10.1. The lowest BCUT2D eigenvalue weighted by Crippen LogP contribution is -2.14. The maximum atomic E-state index is 11.5. The predicted molar refractivity (Wildman–Crippen MR) is 79.2 cm³/mol. The number of amides is 1. The number of primary sulfonamides is 1. The van der Waals surface area contributed by atoms with E-state index in [1.165, 1.54) is 19.1 Å². The molecule has 0 spiro atoms. The number of nitrogens with two attached hydrogens (primary N) is 1. The van der Waals surface area contributed by atoms with Gasteiger partial charge in [-0.05, 0) is 42.0 Å². The summed E-state index contributed by atoms with van der Waals surface area (Å²) in [5.41, 5.74) is 0.486. The van der Waals surface area contributed by atoms with Crippen LogP contribution in [0.25, 0.3) is 10.8 Å². The minimum Gasteiger partial charge on any atom is -0.326 e. The molecule has 0 saturated heterocycles. The molecule has 0 fully saturated rings. The van der Waals surface area contributed by atoms with Gasteiger partial charge in [0.2, 0.25) is 15.9 Å². The Labute approximate surface area is 122 Å². The van der Waals surface area contributed by atoms with E-state index in [2.05, 4.69) is 5.32 Å². The topological polar surface area (TPSA) is 106 Å². The van der Waals surface area contributed by atoms with Gasteiger partial charge < -0.3 is 5.32 Å². The van der Waals surface area contributed by atoms with E-state index in [0.717, 1.165) is 5.39 Å². The lowest BCUT2D eigenvalue weighted by molar-refractivity contribution is -0.124. The molecule has 0 radical (unpaired) electrons. The average Bonchev–Trinajstić information content (AvgIpc) is 2.35. The van der Waals surface area contributed by atoms with Crippen molar-refractivity contribution < 1.29 is 18.0 Å². The van der Waals surface area contributed by atoms with E-state index in [1.807, 2.05) is 0 Å². The first-order valence-corrected chi connectivity index (χ1v) is 7.66. The molecule has 0 aliphatic carbocycles. The van der Waals surface area contributed by atoms with Crippen LogP contribution in [0.1, 0.15) is 13.3 Å². The molecule has 21 heavy (non-hydrogen) atoms. The van der Waals surface area contributed by atoms with Crippen LogP contribution in [0.15, 0.2) is 41.3 Å². The SMILES string of the molecule is CC(=O)CC(=O)Nc1ccc2ccc(S(N)(=O)=O)cc2c1. The summed E-state index contributed by atoms with van der Waals surface area (Å²) in [6, 6.07) is 9.54. The normalized spacial score (nSPS) is 11.3. The second kappa shape index (κ2) is 5.63. The zero-order chi connectivity index (χ0) is 15.6. The van der Waals surface area contributed by atoms with Crippen molar-refractivity contribution in [2.24, 2.45) is 5.14 Å². The highest BCUT2D eigenvalue weighted by Crippen LogP contribution is 2.22. The van der Waals surface area contributed by atoms with Crippen molar-refractivity contribution in [2.75, 3.05) is 5.32 Å². The van der Waals surface area contributed by atoms with Gasteiger partial charge in [-0.15, -0.1) is 0 Å². The third-order valence-corrected chi connectivity index (χ3v) is 3.74. The second-order valence-electron chi connectivity index (χ2n) is 4.70. The molecular formula is C14H14N2O4S. The molecule has 0 heterocycles. The van der Waals surface area contributed by atoms with Gasteiger partial charge in [0.15, 0.2) is 0 Å². The van der Waals surface area contributed by atoms with E-state index in [9.17, 15) is 18.0 Å². The van der Waals surface area contributed by atoms with Gasteiger partial charge in [-0.3, -0.25) is 9.59 Å². The summed E-state index contributed by atoms with van der Waals surface area (Å²) < 4.78 is 22.7. The fourth-order valence-electron chi connectivity index (χ4n) is 1.91. The van der Waals surface area contributed by atoms with Gasteiger partial charge in [0.1, 0.15) is 5.78 Å². The van der Waals surface area contributed by atoms with Crippen LogP contribution >= 0.6 is 0 Å². The second-order valence-corrected chi connectivity index (χ2v) is 6.26. The third kappa shape index (κ3) is 3.87. The number of carbonyl (C=O) groups excluding carboxylic acids is 2. The van der Waals surface area contributed by atoms with Crippen molar-refractivity contribution in [2.45, 2.75) is 18.2 Å². The number of fused-ring (bicyclic) bond motifs is 1. The van der Waals surface area contributed by atoms with Gasteiger partial charge in [0.05, 0.1) is 11.3 Å². The van der Waals surface area contributed by atoms with E-state index in [0.29, 0.717) is 11.1 Å². The van der Waals surface area contributed by atoms with Gasteiger partial charge in [-0.2, -0.15) is 0 Å². The summed E-state index contributed by atoms with van der Waals surface area (Å²) >= 11 is 0. The van der Waals surface area contributed by atoms with E-state index >= 15 is 0 Å². The van der Waals surface area contributed by atoms with Crippen molar-refractivity contribution in [3.8, 4) is 0 Å². The highest BCUT2D eigenvalue weighted by atomic mass is 32.2. The van der Waals surface area contributed by atoms with Crippen LogP contribution in [0, 0.1) is 0 Å². The first-order valence-electron chi connectivity index (χ1n) is 6.11. The number of hydrogen-bond acceptors (Lipinski definition) is 4. The minimum atomic E-state index is -3.78. The molecule has 110 valence electrons. The van der Waals surface area contributed by atoms with Gasteiger partial charge >= 0.3 is 0 Å². The van der Waals surface area contributed by atoms with Crippen molar-refractivity contribution in [3.05, 3.63) is 36.4 Å². The molecule has 0 saturated carbocycles. The molecule has 1 amide bonds. The average molecular weight is 306 g/mol. The Balaban J connectivity index is 2.36. The molecule has 0 unspecified atom stereocenters. The molecule has 0 bridgehead atoms. The van der Waals surface area contributed by atoms with Crippen molar-refractivity contribution in [3.63, 3.8) is 0 Å². The number of carbonyl (C=O) groups is 2. The molecule has 2 aromatic carbocycles. The van der Waals surface area contributed by atoms with Gasteiger partial charge in [0.25, 0.3) is 0 Å². The quantitative estimate of drug-likeness (QED) is 0.833. The largest absolute Gasteiger partial charge is 0.326 e. The molecule has 0 aliphatic heterocycles. The van der Waals surface area contributed by atoms with Gasteiger partial charge in [-0.1, -0.05) is 12.1 Å². The highest BCUT2D eigenvalue weighted by Gasteiger charge is 2.09. The molecular weight excluding hydrogens is 292 g/mol. The van der Waals surface area contributed by atoms with E-state index in [-0.39, 0.29) is 17.1 Å². The molecule has 0 atom stereocenters. The first-order chi connectivity index (χ1) is 9.75. The number of rotatable bonds is 4. The number of sulfonamides is 1. The van der Waals surface area contributed by atoms with Crippen LogP contribution in [0.4, 0.5) is 5.69 Å². The van der Waals surface area contributed by atoms with Crippen LogP contribution in [0.2, 0.25) is 0 Å². The fourth-order valence-corrected chi connectivity index (χ4v) is 2.46. The number of benzene rings is 2. The maximum Gasteiger partial charge on any atom is 0.238 e. The van der Waals surface area contributed by atoms with Crippen molar-refractivity contribution in [1.29, 1.82) is 0 Å². The summed E-state index contributed by atoms with van der Waals surface area (Å²) in [7, 11) is -3.78. The van der Waals surface area contributed by atoms with E-state index in [4.69, 9.17) is 5.14 Å². The fraction of sp³-hybridized carbons (Fsp3) is 0.143. The Morgan fingerprint density at radius 3 is 2.38 bits per heavy atom. The highest BCUT2D eigenvalue weighted by molar-refractivity contribution is 7.89. The third-order valence-electron chi connectivity index (χ3n) is 2.83. The summed E-state index contributed by atoms with van der Waals surface area (Å²) in [6.45, 7) is 1.33. The Hall–Kier alpha value is -2.25. The Morgan fingerprint density at radius 2 is 1.76 bits per heavy atom. The van der Waals surface area contributed by atoms with E-state index < -0.39 is 15.9 Å². The minimum absolute atomic E-state index is 0.00205. The number of ketones is 1. The van der Waals surface area contributed by atoms with Crippen LogP contribution in [0.3, 0.4) is 0 Å². The summed E-state index contributed by atoms with van der Waals surface area (Å²) in [5.74, 6) is -0.644. The van der Waals surface area contributed by atoms with Crippen LogP contribution in [-0.2, 0) is 19.6 Å². The van der Waals surface area contributed by atoms with Crippen LogP contribution < -0.4 is 10.5 Å². The standard InChI is InChI=1S/C14H14N2O4S/c1-9(17)6-14(18)16-12-4-2-10-3-5-13(21(15,19)20)8-11(10)7-12/h2-5,7-8H,6H2,1H3,(H,16,18)(H2,15,19,20). The maximum absolute atomic E-state index is 11.5. The summed E-state index contributed by atoms with van der Waals surface area (Å²) in [6.07, 6.45) is -0.199. The van der Waals surface area contributed by atoms with Gasteiger partial charge in [-0.25, -0.2) is 13.6 Å². The predicted octanol–water partition coefficient (Wildman–Crippen LogP) is 1.40. The lowest BCUT2D eigenvalue weighted by Gasteiger charge is -2.07. The van der Waals surface area contributed by atoms with Crippen molar-refractivity contribution >= 4 is 38.2 Å². The number of Topliss-reactive ketones (excluding diaryl/α,β-unsaturated/α-hetero) is 1. The zero-order valence-electron chi connectivity index (χ0n) is 11.3. The number of anilines is 1. The molecule has 0 aliphatic rings. The van der Waals surface area contributed by atoms with E-state index in [1.54, 1.807) is 24.3 Å². The van der Waals surface area contributed by atoms with Crippen molar-refractivity contribution in [1.82, 2.24) is 0 Å². The molecule has 0 aromatic heterocycles. The molecule has 2 aromatic rings. The zero-order valence-corrected chi connectivity index (χ0v) is 12.1. The Bertz CT molecular complexity index is 828. The molecule has 3 N–H and O–H groups in total. The molecule has 7 heteroatoms. The Kier molecular flexibility index (Phi) is 4.06. The molecule has 2 rings (SSSR count). The summed E-state index contributed by atoms with van der Waals surface area (Å²) in [4.78, 5) is 22.4. The van der Waals surface area contributed by atoms with Crippen LogP contribution in [-0.4, -0.2) is 20.1 Å². The molecule has 6 nitrogen and oxygen atoms in total. The number of nitrogens with one attached hydrogen (secondary N) is 1. The first kappa shape index (κ1) is 15.1. The monoisotopic (exact) mass is 306 g/mol. The summed E-state index contributed by atoms with van der Waals surface area (Å²) in [5, 5.41) is 9.11.